The topological polar surface area (TPSA) is 66.9 Å². The molecule has 0 aliphatic rings. The van der Waals surface area contributed by atoms with Crippen LogP contribution in [0.3, 0.4) is 0 Å². The van der Waals surface area contributed by atoms with Crippen LogP contribution in [0.1, 0.15) is 45.7 Å². The van der Waals surface area contributed by atoms with E-state index in [9.17, 15) is 31.1 Å². The summed E-state index contributed by atoms with van der Waals surface area (Å²) in [4.78, 5) is 20.6. The Balaban J connectivity index is 2.02. The predicted octanol–water partition coefficient (Wildman–Crippen LogP) is 5.47. The normalized spacial score (nSPS) is 12.8. The Bertz CT molecular complexity index is 1100. The van der Waals surface area contributed by atoms with Crippen LogP contribution >= 0.6 is 0 Å². The molecular formula is C22H18F6N4O. The van der Waals surface area contributed by atoms with Gasteiger partial charge in [0.05, 0.1) is 28.4 Å². The fraction of sp³-hybridized carbons (Fsp3) is 0.227. The first-order valence-electron chi connectivity index (χ1n) is 9.70. The number of nitrogens with zero attached hydrogens (tertiary/aromatic N) is 2. The summed E-state index contributed by atoms with van der Waals surface area (Å²) >= 11 is 0. The van der Waals surface area contributed by atoms with Crippen LogP contribution in [0.25, 0.3) is 0 Å². The van der Waals surface area contributed by atoms with Crippen LogP contribution in [-0.4, -0.2) is 22.4 Å². The SMILES string of the molecule is CCNc1ccc(C(=O)NC(c2ccc(C(F)(F)F)cc2)c2ncccc2C(F)(F)F)cn1. The number of hydrogen-bond acceptors (Lipinski definition) is 4. The van der Waals surface area contributed by atoms with Crippen LogP contribution < -0.4 is 10.6 Å². The molecule has 1 aromatic carbocycles. The first-order chi connectivity index (χ1) is 15.5. The van der Waals surface area contributed by atoms with Gasteiger partial charge in [0.25, 0.3) is 5.91 Å². The fourth-order valence-electron chi connectivity index (χ4n) is 3.09. The molecule has 0 spiro atoms. The number of hydrogen-bond donors (Lipinski definition) is 2. The van der Waals surface area contributed by atoms with Crippen LogP contribution in [-0.2, 0) is 12.4 Å². The quantitative estimate of drug-likeness (QED) is 0.471. The number of anilines is 1. The molecule has 2 aromatic heterocycles. The van der Waals surface area contributed by atoms with E-state index < -0.39 is 41.1 Å². The van der Waals surface area contributed by atoms with Crippen LogP contribution in [0.4, 0.5) is 32.2 Å². The lowest BCUT2D eigenvalue weighted by atomic mass is 9.97. The van der Waals surface area contributed by atoms with Crippen LogP contribution in [0, 0.1) is 0 Å². The van der Waals surface area contributed by atoms with Gasteiger partial charge in [0.2, 0.25) is 0 Å². The summed E-state index contributed by atoms with van der Waals surface area (Å²) < 4.78 is 79.6. The molecule has 3 rings (SSSR count). The highest BCUT2D eigenvalue weighted by Crippen LogP contribution is 2.36. The van der Waals surface area contributed by atoms with Crippen molar-refractivity contribution in [3.63, 3.8) is 0 Å². The van der Waals surface area contributed by atoms with E-state index in [1.807, 2.05) is 6.92 Å². The lowest BCUT2D eigenvalue weighted by molar-refractivity contribution is -0.139. The number of aromatic nitrogens is 2. The monoisotopic (exact) mass is 468 g/mol. The summed E-state index contributed by atoms with van der Waals surface area (Å²) in [6.07, 6.45) is -7.08. The van der Waals surface area contributed by atoms with Crippen molar-refractivity contribution in [1.29, 1.82) is 0 Å². The molecule has 174 valence electrons. The number of halogens is 6. The number of carbonyl (C=O) groups is 1. The van der Waals surface area contributed by atoms with Gasteiger partial charge in [-0.05, 0) is 48.9 Å². The van der Waals surface area contributed by atoms with Crippen molar-refractivity contribution in [2.45, 2.75) is 25.3 Å². The third-order valence-electron chi connectivity index (χ3n) is 4.65. The van der Waals surface area contributed by atoms with Crippen molar-refractivity contribution in [3.8, 4) is 0 Å². The summed E-state index contributed by atoms with van der Waals surface area (Å²) in [6, 6.07) is 6.84. The Kier molecular flexibility index (Phi) is 6.89. The highest BCUT2D eigenvalue weighted by molar-refractivity contribution is 5.94. The van der Waals surface area contributed by atoms with Gasteiger partial charge in [0, 0.05) is 18.9 Å². The molecule has 3 aromatic rings. The second-order valence-corrected chi connectivity index (χ2v) is 6.92. The van der Waals surface area contributed by atoms with E-state index in [0.29, 0.717) is 12.4 Å². The average Bonchev–Trinajstić information content (AvgIpc) is 2.77. The molecular weight excluding hydrogens is 450 g/mol. The highest BCUT2D eigenvalue weighted by Gasteiger charge is 2.37. The van der Waals surface area contributed by atoms with Crippen molar-refractivity contribution < 1.29 is 31.1 Å². The first-order valence-corrected chi connectivity index (χ1v) is 9.70. The molecule has 33 heavy (non-hydrogen) atoms. The van der Waals surface area contributed by atoms with Gasteiger partial charge < -0.3 is 10.6 Å². The van der Waals surface area contributed by atoms with E-state index >= 15 is 0 Å². The lowest BCUT2D eigenvalue weighted by Gasteiger charge is -2.23. The molecule has 0 saturated heterocycles. The van der Waals surface area contributed by atoms with Gasteiger partial charge in [-0.2, -0.15) is 26.3 Å². The van der Waals surface area contributed by atoms with Crippen molar-refractivity contribution in [2.75, 3.05) is 11.9 Å². The van der Waals surface area contributed by atoms with Crippen molar-refractivity contribution >= 4 is 11.7 Å². The maximum absolute atomic E-state index is 13.6. The van der Waals surface area contributed by atoms with Crippen LogP contribution in [0.2, 0.25) is 0 Å². The fourth-order valence-corrected chi connectivity index (χ4v) is 3.09. The molecule has 2 heterocycles. The zero-order valence-corrected chi connectivity index (χ0v) is 17.1. The number of alkyl halides is 6. The third-order valence-corrected chi connectivity index (χ3v) is 4.65. The standard InChI is InChI=1S/C22H18F6N4O/c1-2-29-17-10-7-14(12-31-17)20(33)32-18(13-5-8-15(9-6-13)21(23,24)25)19-16(22(26,27)28)4-3-11-30-19/h3-12,18H,2H2,1H3,(H,29,31)(H,32,33). The molecule has 0 aliphatic heterocycles. The Morgan fingerprint density at radius 1 is 0.939 bits per heavy atom. The second-order valence-electron chi connectivity index (χ2n) is 6.92. The van der Waals surface area contributed by atoms with Crippen molar-refractivity contribution in [3.05, 3.63) is 88.9 Å². The molecule has 11 heteroatoms. The molecule has 2 N–H and O–H groups in total. The van der Waals surface area contributed by atoms with Gasteiger partial charge in [-0.15, -0.1) is 0 Å². The number of benzene rings is 1. The Labute approximate surface area is 184 Å². The Morgan fingerprint density at radius 3 is 2.18 bits per heavy atom. The van der Waals surface area contributed by atoms with Crippen LogP contribution in [0.15, 0.2) is 60.9 Å². The summed E-state index contributed by atoms with van der Waals surface area (Å²) in [6.45, 7) is 2.44. The zero-order chi connectivity index (χ0) is 24.2. The molecule has 0 saturated carbocycles. The van der Waals surface area contributed by atoms with Crippen molar-refractivity contribution in [1.82, 2.24) is 15.3 Å². The molecule has 0 radical (unpaired) electrons. The molecule has 0 fully saturated rings. The minimum atomic E-state index is -4.80. The minimum absolute atomic E-state index is 0.00206. The Hall–Kier alpha value is -3.63. The van der Waals surface area contributed by atoms with Gasteiger partial charge in [-0.1, -0.05) is 12.1 Å². The largest absolute Gasteiger partial charge is 0.418 e. The number of amides is 1. The summed E-state index contributed by atoms with van der Waals surface area (Å²) in [5.41, 5.74) is -2.58. The summed E-state index contributed by atoms with van der Waals surface area (Å²) in [7, 11) is 0. The molecule has 1 atom stereocenters. The van der Waals surface area contributed by atoms with Crippen LogP contribution in [0.5, 0.6) is 0 Å². The van der Waals surface area contributed by atoms with Gasteiger partial charge >= 0.3 is 12.4 Å². The van der Waals surface area contributed by atoms with Gasteiger partial charge in [0.15, 0.2) is 0 Å². The molecule has 1 unspecified atom stereocenters. The third kappa shape index (κ3) is 5.79. The van der Waals surface area contributed by atoms with E-state index in [1.54, 1.807) is 0 Å². The van der Waals surface area contributed by atoms with Crippen molar-refractivity contribution in [2.24, 2.45) is 0 Å². The summed E-state index contributed by atoms with van der Waals surface area (Å²) in [5, 5.41) is 5.38. The van der Waals surface area contributed by atoms with Gasteiger partial charge in [-0.3, -0.25) is 9.78 Å². The van der Waals surface area contributed by atoms with Gasteiger partial charge in [-0.25, -0.2) is 4.98 Å². The minimum Gasteiger partial charge on any atom is -0.370 e. The number of pyridine rings is 2. The molecule has 1 amide bonds. The summed E-state index contributed by atoms with van der Waals surface area (Å²) in [5.74, 6) is -0.272. The number of carbonyl (C=O) groups excluding carboxylic acids is 1. The maximum Gasteiger partial charge on any atom is 0.418 e. The number of nitrogens with one attached hydrogen (secondary N) is 2. The van der Waals surface area contributed by atoms with E-state index in [1.165, 1.54) is 18.3 Å². The Morgan fingerprint density at radius 2 is 1.64 bits per heavy atom. The zero-order valence-electron chi connectivity index (χ0n) is 17.1. The highest BCUT2D eigenvalue weighted by atomic mass is 19.4. The molecule has 0 aliphatic carbocycles. The average molecular weight is 468 g/mol. The second kappa shape index (κ2) is 9.47. The number of rotatable bonds is 6. The van der Waals surface area contributed by atoms with E-state index in [0.717, 1.165) is 42.6 Å². The molecule has 0 bridgehead atoms. The smallest absolute Gasteiger partial charge is 0.370 e. The first kappa shape index (κ1) is 24.0. The lowest BCUT2D eigenvalue weighted by Crippen LogP contribution is -2.31. The molecule has 5 nitrogen and oxygen atoms in total. The predicted molar refractivity (Wildman–Crippen MR) is 108 cm³/mol. The van der Waals surface area contributed by atoms with Gasteiger partial charge in [0.1, 0.15) is 5.82 Å². The maximum atomic E-state index is 13.6. The van der Waals surface area contributed by atoms with E-state index in [-0.39, 0.29) is 11.1 Å². The van der Waals surface area contributed by atoms with E-state index in [2.05, 4.69) is 20.6 Å². The van der Waals surface area contributed by atoms with E-state index in [4.69, 9.17) is 0 Å².